The summed E-state index contributed by atoms with van der Waals surface area (Å²) in [7, 11) is 3.08. The highest BCUT2D eigenvalue weighted by Crippen LogP contribution is 2.36. The van der Waals surface area contributed by atoms with Gasteiger partial charge in [0.25, 0.3) is 5.92 Å². The van der Waals surface area contributed by atoms with Gasteiger partial charge in [0.1, 0.15) is 5.75 Å². The van der Waals surface area contributed by atoms with Crippen molar-refractivity contribution in [3.05, 3.63) is 28.3 Å². The van der Waals surface area contributed by atoms with Crippen LogP contribution in [0.3, 0.4) is 0 Å². The number of nitrogens with one attached hydrogen (secondary N) is 1. The standard InChI is InChI=1S/C13H19F2NO/c1-8-6-11(13(14,15)7-16-4)9(2)10(3)12(8)17-5/h6,16H,7H2,1-5H3. The average Bonchev–Trinajstić information content (AvgIpc) is 2.24. The van der Waals surface area contributed by atoms with Gasteiger partial charge in [-0.05, 0) is 50.6 Å². The number of hydrogen-bond acceptors (Lipinski definition) is 2. The van der Waals surface area contributed by atoms with Gasteiger partial charge >= 0.3 is 0 Å². The predicted molar refractivity (Wildman–Crippen MR) is 65.0 cm³/mol. The SMILES string of the molecule is CNCC(F)(F)c1cc(C)c(OC)c(C)c1C. The van der Waals surface area contributed by atoms with Crippen LogP contribution in [0.25, 0.3) is 0 Å². The molecule has 0 saturated carbocycles. The minimum absolute atomic E-state index is 0.0719. The van der Waals surface area contributed by atoms with Crippen molar-refractivity contribution in [2.45, 2.75) is 26.7 Å². The zero-order valence-electron chi connectivity index (χ0n) is 10.9. The lowest BCUT2D eigenvalue weighted by molar-refractivity contribution is -0.00202. The smallest absolute Gasteiger partial charge is 0.285 e. The molecule has 2 nitrogen and oxygen atoms in total. The molecule has 0 amide bonds. The molecule has 4 heteroatoms. The normalized spacial score (nSPS) is 11.7. The molecule has 17 heavy (non-hydrogen) atoms. The van der Waals surface area contributed by atoms with Crippen LogP contribution in [0.15, 0.2) is 6.07 Å². The van der Waals surface area contributed by atoms with Gasteiger partial charge in [0.05, 0.1) is 13.7 Å². The van der Waals surface area contributed by atoms with Crippen molar-refractivity contribution in [1.82, 2.24) is 5.32 Å². The second kappa shape index (κ2) is 5.00. The maximum absolute atomic E-state index is 13.9. The third-order valence-electron chi connectivity index (χ3n) is 3.02. The minimum atomic E-state index is -2.86. The van der Waals surface area contributed by atoms with Crippen LogP contribution in [-0.4, -0.2) is 20.7 Å². The lowest BCUT2D eigenvalue weighted by Gasteiger charge is -2.22. The molecule has 0 atom stereocenters. The summed E-state index contributed by atoms with van der Waals surface area (Å²) in [5.74, 6) is -2.17. The lowest BCUT2D eigenvalue weighted by Crippen LogP contribution is -2.29. The number of hydrogen-bond donors (Lipinski definition) is 1. The Bertz CT molecular complexity index is 416. The number of likely N-dealkylation sites (N-methyl/N-ethyl adjacent to an activating group) is 1. The Kier molecular flexibility index (Phi) is 4.09. The van der Waals surface area contributed by atoms with Crippen molar-refractivity contribution >= 4 is 0 Å². The number of halogens is 2. The van der Waals surface area contributed by atoms with Crippen molar-refractivity contribution in [3.63, 3.8) is 0 Å². The molecule has 0 aliphatic rings. The fourth-order valence-corrected chi connectivity index (χ4v) is 2.07. The maximum atomic E-state index is 13.9. The molecule has 1 rings (SSSR count). The topological polar surface area (TPSA) is 21.3 Å². The second-order valence-corrected chi connectivity index (χ2v) is 4.26. The molecule has 1 N–H and O–H groups in total. The van der Waals surface area contributed by atoms with Crippen molar-refractivity contribution in [2.75, 3.05) is 20.7 Å². The van der Waals surface area contributed by atoms with Gasteiger partial charge in [0.15, 0.2) is 0 Å². The van der Waals surface area contributed by atoms with E-state index < -0.39 is 5.92 Å². The number of benzene rings is 1. The zero-order valence-corrected chi connectivity index (χ0v) is 10.9. The number of aryl methyl sites for hydroxylation is 1. The number of methoxy groups -OCH3 is 1. The summed E-state index contributed by atoms with van der Waals surface area (Å²) in [5, 5.41) is 2.52. The van der Waals surface area contributed by atoms with E-state index in [2.05, 4.69) is 5.32 Å². The van der Waals surface area contributed by atoms with E-state index in [1.165, 1.54) is 13.1 Å². The third kappa shape index (κ3) is 2.57. The molecule has 1 aromatic rings. The minimum Gasteiger partial charge on any atom is -0.496 e. The largest absolute Gasteiger partial charge is 0.496 e. The van der Waals surface area contributed by atoms with Crippen LogP contribution in [0.5, 0.6) is 5.75 Å². The molecule has 0 heterocycles. The van der Waals surface area contributed by atoms with Gasteiger partial charge in [-0.2, -0.15) is 8.78 Å². The molecule has 0 aromatic heterocycles. The van der Waals surface area contributed by atoms with Gasteiger partial charge in [-0.25, -0.2) is 0 Å². The molecule has 96 valence electrons. The fraction of sp³-hybridized carbons (Fsp3) is 0.538. The summed E-state index contributed by atoms with van der Waals surface area (Å²) in [6, 6.07) is 1.51. The quantitative estimate of drug-likeness (QED) is 0.878. The molecule has 0 spiro atoms. The lowest BCUT2D eigenvalue weighted by atomic mass is 9.94. The Morgan fingerprint density at radius 3 is 2.29 bits per heavy atom. The van der Waals surface area contributed by atoms with Crippen LogP contribution in [-0.2, 0) is 5.92 Å². The Hall–Kier alpha value is -1.16. The Labute approximate surface area is 101 Å². The van der Waals surface area contributed by atoms with Crippen molar-refractivity contribution in [2.24, 2.45) is 0 Å². The predicted octanol–water partition coefficient (Wildman–Crippen LogP) is 2.93. The monoisotopic (exact) mass is 243 g/mol. The van der Waals surface area contributed by atoms with E-state index in [1.54, 1.807) is 27.9 Å². The van der Waals surface area contributed by atoms with Gasteiger partial charge in [-0.15, -0.1) is 0 Å². The third-order valence-corrected chi connectivity index (χ3v) is 3.02. The molecule has 0 aliphatic heterocycles. The second-order valence-electron chi connectivity index (χ2n) is 4.26. The van der Waals surface area contributed by atoms with Gasteiger partial charge in [-0.3, -0.25) is 0 Å². The molecule has 0 aliphatic carbocycles. The number of ether oxygens (including phenoxy) is 1. The van der Waals surface area contributed by atoms with E-state index in [9.17, 15) is 8.78 Å². The van der Waals surface area contributed by atoms with Crippen LogP contribution >= 0.6 is 0 Å². The molecule has 1 aromatic carbocycles. The molecule has 0 unspecified atom stereocenters. The summed E-state index contributed by atoms with van der Waals surface area (Å²) in [6.07, 6.45) is 0. The first kappa shape index (κ1) is 13.9. The summed E-state index contributed by atoms with van der Waals surface area (Å²) in [4.78, 5) is 0. The highest BCUT2D eigenvalue weighted by molar-refractivity contribution is 5.50. The zero-order chi connectivity index (χ0) is 13.2. The molecular formula is C13H19F2NO. The van der Waals surface area contributed by atoms with Gasteiger partial charge in [-0.1, -0.05) is 0 Å². The summed E-state index contributed by atoms with van der Waals surface area (Å²) >= 11 is 0. The van der Waals surface area contributed by atoms with E-state index in [1.807, 2.05) is 0 Å². The summed E-state index contributed by atoms with van der Waals surface area (Å²) in [5.41, 5.74) is 2.18. The molecule has 0 fully saturated rings. The number of alkyl halides is 2. The van der Waals surface area contributed by atoms with Crippen LogP contribution < -0.4 is 10.1 Å². The highest BCUT2D eigenvalue weighted by atomic mass is 19.3. The Morgan fingerprint density at radius 2 is 1.82 bits per heavy atom. The molecule has 0 bridgehead atoms. The van der Waals surface area contributed by atoms with Gasteiger partial charge in [0, 0.05) is 5.56 Å². The van der Waals surface area contributed by atoms with E-state index in [0.717, 1.165) is 11.1 Å². The highest BCUT2D eigenvalue weighted by Gasteiger charge is 2.33. The number of rotatable bonds is 4. The average molecular weight is 243 g/mol. The Balaban J connectivity index is 3.37. The maximum Gasteiger partial charge on any atom is 0.285 e. The molecule has 0 radical (unpaired) electrons. The fourth-order valence-electron chi connectivity index (χ4n) is 2.07. The Morgan fingerprint density at radius 1 is 1.24 bits per heavy atom. The van der Waals surface area contributed by atoms with Crippen molar-refractivity contribution < 1.29 is 13.5 Å². The van der Waals surface area contributed by atoms with Crippen LogP contribution in [0, 0.1) is 20.8 Å². The van der Waals surface area contributed by atoms with E-state index in [-0.39, 0.29) is 12.1 Å². The van der Waals surface area contributed by atoms with E-state index in [4.69, 9.17) is 4.74 Å². The van der Waals surface area contributed by atoms with E-state index in [0.29, 0.717) is 11.3 Å². The first-order valence-corrected chi connectivity index (χ1v) is 5.52. The van der Waals surface area contributed by atoms with Crippen molar-refractivity contribution in [3.8, 4) is 5.75 Å². The van der Waals surface area contributed by atoms with Gasteiger partial charge in [0.2, 0.25) is 0 Å². The molecule has 0 saturated heterocycles. The van der Waals surface area contributed by atoms with E-state index >= 15 is 0 Å². The van der Waals surface area contributed by atoms with Crippen LogP contribution in [0.2, 0.25) is 0 Å². The molecular weight excluding hydrogens is 224 g/mol. The van der Waals surface area contributed by atoms with Crippen LogP contribution in [0.4, 0.5) is 8.78 Å². The summed E-state index contributed by atoms with van der Waals surface area (Å²) in [6.45, 7) is 4.93. The first-order valence-electron chi connectivity index (χ1n) is 5.52. The van der Waals surface area contributed by atoms with Gasteiger partial charge < -0.3 is 10.1 Å². The van der Waals surface area contributed by atoms with Crippen LogP contribution in [0.1, 0.15) is 22.3 Å². The summed E-state index contributed by atoms with van der Waals surface area (Å²) < 4.78 is 33.0. The first-order chi connectivity index (χ1) is 7.85. The van der Waals surface area contributed by atoms with Crippen molar-refractivity contribution in [1.29, 1.82) is 0 Å².